The zero-order valence-corrected chi connectivity index (χ0v) is 18.3. The van der Waals surface area contributed by atoms with Crippen LogP contribution >= 0.6 is 34.7 Å². The van der Waals surface area contributed by atoms with Crippen LogP contribution in [-0.4, -0.2) is 35.8 Å². The van der Waals surface area contributed by atoms with E-state index in [-0.39, 0.29) is 12.0 Å². The molecule has 152 valence electrons. The van der Waals surface area contributed by atoms with Crippen LogP contribution in [0.25, 0.3) is 0 Å². The summed E-state index contributed by atoms with van der Waals surface area (Å²) in [7, 11) is 0. The van der Waals surface area contributed by atoms with Crippen LogP contribution in [0, 0.1) is 11.3 Å². The van der Waals surface area contributed by atoms with Crippen LogP contribution in [0.3, 0.4) is 0 Å². The van der Waals surface area contributed by atoms with Crippen molar-refractivity contribution in [2.45, 2.75) is 31.2 Å². The number of fused-ring (bicyclic) bond motifs is 1. The van der Waals surface area contributed by atoms with E-state index in [4.69, 9.17) is 16.3 Å². The highest BCUT2D eigenvalue weighted by Crippen LogP contribution is 2.37. The third kappa shape index (κ3) is 5.44. The quantitative estimate of drug-likeness (QED) is 0.633. The molecule has 2 aromatic rings. The number of thioether (sulfide) groups is 1. The normalized spacial score (nSPS) is 12.8. The Morgan fingerprint density at radius 1 is 1.38 bits per heavy atom. The number of nitrogens with one attached hydrogen (secondary N) is 1. The predicted octanol–water partition coefficient (Wildman–Crippen LogP) is 4.91. The zero-order chi connectivity index (χ0) is 20.8. The zero-order valence-electron chi connectivity index (χ0n) is 15.9. The first-order chi connectivity index (χ1) is 14.0. The van der Waals surface area contributed by atoms with Crippen molar-refractivity contribution in [1.82, 2.24) is 4.90 Å². The van der Waals surface area contributed by atoms with Crippen LogP contribution in [-0.2, 0) is 22.5 Å². The maximum Gasteiger partial charge on any atom is 0.410 e. The van der Waals surface area contributed by atoms with E-state index in [0.29, 0.717) is 53.9 Å². The van der Waals surface area contributed by atoms with E-state index < -0.39 is 0 Å². The molecule has 0 spiro atoms. The third-order valence-corrected chi connectivity index (χ3v) is 6.76. The lowest BCUT2D eigenvalue weighted by atomic mass is 10.0. The van der Waals surface area contributed by atoms with E-state index in [1.165, 1.54) is 11.3 Å². The molecular weight excluding hydrogens is 430 g/mol. The van der Waals surface area contributed by atoms with Gasteiger partial charge in [-0.15, -0.1) is 23.1 Å². The number of anilines is 1. The van der Waals surface area contributed by atoms with E-state index in [2.05, 4.69) is 11.4 Å². The number of ether oxygens (including phenoxy) is 1. The van der Waals surface area contributed by atoms with Gasteiger partial charge in [-0.2, -0.15) is 5.26 Å². The molecule has 1 aliphatic rings. The Morgan fingerprint density at radius 3 is 2.83 bits per heavy atom. The number of nitrogens with zero attached hydrogens (tertiary/aromatic N) is 2. The molecule has 0 aliphatic carbocycles. The topological polar surface area (TPSA) is 82.4 Å². The van der Waals surface area contributed by atoms with E-state index in [1.54, 1.807) is 23.6 Å². The summed E-state index contributed by atoms with van der Waals surface area (Å²) in [6.07, 6.45) is 0.556. The molecule has 6 nitrogen and oxygen atoms in total. The largest absolute Gasteiger partial charge is 0.450 e. The van der Waals surface area contributed by atoms with Crippen LogP contribution < -0.4 is 5.32 Å². The fourth-order valence-corrected chi connectivity index (χ4v) is 5.17. The second kappa shape index (κ2) is 10.0. The predicted molar refractivity (Wildman–Crippen MR) is 116 cm³/mol. The van der Waals surface area contributed by atoms with Gasteiger partial charge in [0, 0.05) is 33.5 Å². The van der Waals surface area contributed by atoms with Gasteiger partial charge in [-0.1, -0.05) is 11.6 Å². The Balaban J connectivity index is 1.59. The molecule has 0 unspecified atom stereocenters. The lowest BCUT2D eigenvalue weighted by molar-refractivity contribution is -0.115. The average molecular weight is 450 g/mol. The maximum atomic E-state index is 12.4. The molecule has 0 saturated carbocycles. The van der Waals surface area contributed by atoms with Gasteiger partial charge < -0.3 is 15.0 Å². The summed E-state index contributed by atoms with van der Waals surface area (Å²) in [6, 6.07) is 9.68. The Kier molecular flexibility index (Phi) is 7.42. The van der Waals surface area contributed by atoms with Crippen LogP contribution in [0.4, 0.5) is 9.80 Å². The van der Waals surface area contributed by atoms with E-state index >= 15 is 0 Å². The van der Waals surface area contributed by atoms with Gasteiger partial charge >= 0.3 is 6.09 Å². The number of carbonyl (C=O) groups is 2. The number of nitriles is 1. The summed E-state index contributed by atoms with van der Waals surface area (Å²) in [5.41, 5.74) is 1.43. The second-order valence-corrected chi connectivity index (χ2v) is 9.00. The van der Waals surface area contributed by atoms with Crippen LogP contribution in [0.15, 0.2) is 29.2 Å². The van der Waals surface area contributed by atoms with Gasteiger partial charge in [-0.05, 0) is 43.2 Å². The van der Waals surface area contributed by atoms with Crippen LogP contribution in [0.1, 0.15) is 29.3 Å². The minimum Gasteiger partial charge on any atom is -0.450 e. The molecule has 0 saturated heterocycles. The summed E-state index contributed by atoms with van der Waals surface area (Å²) < 4.78 is 5.06. The number of benzene rings is 1. The SMILES string of the molecule is CCOC(=O)N1CCc2c(sc(NC(=O)CCSc3ccc(Cl)cc3)c2C#N)C1. The first-order valence-electron chi connectivity index (χ1n) is 9.16. The van der Waals surface area contributed by atoms with E-state index in [0.717, 1.165) is 15.3 Å². The maximum absolute atomic E-state index is 12.4. The van der Waals surface area contributed by atoms with Crippen molar-refractivity contribution in [2.24, 2.45) is 0 Å². The summed E-state index contributed by atoms with van der Waals surface area (Å²) in [5.74, 6) is 0.487. The van der Waals surface area contributed by atoms with Crippen LogP contribution in [0.5, 0.6) is 0 Å². The summed E-state index contributed by atoms with van der Waals surface area (Å²) in [5, 5.41) is 13.7. The lowest BCUT2D eigenvalue weighted by Crippen LogP contribution is -2.35. The van der Waals surface area contributed by atoms with Gasteiger partial charge in [0.05, 0.1) is 18.7 Å². The monoisotopic (exact) mass is 449 g/mol. The van der Waals surface area contributed by atoms with Crippen molar-refractivity contribution in [1.29, 1.82) is 5.26 Å². The van der Waals surface area contributed by atoms with Crippen molar-refractivity contribution in [3.8, 4) is 6.07 Å². The molecule has 3 rings (SSSR count). The summed E-state index contributed by atoms with van der Waals surface area (Å²) >= 11 is 8.81. The molecule has 2 heterocycles. The van der Waals surface area contributed by atoms with Gasteiger partial charge in [0.1, 0.15) is 11.1 Å². The molecule has 0 radical (unpaired) electrons. The molecular formula is C20H20ClN3O3S2. The number of carbonyl (C=O) groups excluding carboxylic acids is 2. The number of rotatable bonds is 6. The molecule has 1 N–H and O–H groups in total. The van der Waals surface area contributed by atoms with Crippen molar-refractivity contribution in [2.75, 3.05) is 24.2 Å². The number of hydrogen-bond acceptors (Lipinski definition) is 6. The minimum absolute atomic E-state index is 0.135. The number of hydrogen-bond donors (Lipinski definition) is 1. The molecule has 29 heavy (non-hydrogen) atoms. The highest BCUT2D eigenvalue weighted by Gasteiger charge is 2.28. The average Bonchev–Trinajstić information content (AvgIpc) is 3.05. The molecule has 2 amide bonds. The highest BCUT2D eigenvalue weighted by molar-refractivity contribution is 7.99. The Bertz CT molecular complexity index is 938. The molecule has 1 aromatic carbocycles. The fraction of sp³-hybridized carbons (Fsp3) is 0.350. The van der Waals surface area contributed by atoms with Gasteiger partial charge in [0.15, 0.2) is 0 Å². The molecule has 9 heteroatoms. The van der Waals surface area contributed by atoms with Crippen molar-refractivity contribution >= 4 is 51.7 Å². The van der Waals surface area contributed by atoms with E-state index in [1.807, 2.05) is 24.3 Å². The van der Waals surface area contributed by atoms with Crippen molar-refractivity contribution in [3.05, 3.63) is 45.3 Å². The Hall–Kier alpha value is -2.21. The summed E-state index contributed by atoms with van der Waals surface area (Å²) in [4.78, 5) is 27.9. The van der Waals surface area contributed by atoms with Crippen LogP contribution in [0.2, 0.25) is 5.02 Å². The molecule has 1 aromatic heterocycles. The fourth-order valence-electron chi connectivity index (χ4n) is 2.96. The smallest absolute Gasteiger partial charge is 0.410 e. The second-order valence-electron chi connectivity index (χ2n) is 6.29. The highest BCUT2D eigenvalue weighted by atomic mass is 35.5. The van der Waals surface area contributed by atoms with Crippen molar-refractivity contribution < 1.29 is 14.3 Å². The molecule has 0 fully saturated rings. The third-order valence-electron chi connectivity index (χ3n) is 4.36. The molecule has 1 aliphatic heterocycles. The molecule has 0 bridgehead atoms. The minimum atomic E-state index is -0.352. The van der Waals surface area contributed by atoms with Gasteiger partial charge in [-0.3, -0.25) is 4.79 Å². The van der Waals surface area contributed by atoms with E-state index in [9.17, 15) is 14.9 Å². The first kappa shape index (κ1) is 21.5. The first-order valence-corrected chi connectivity index (χ1v) is 11.3. The van der Waals surface area contributed by atoms with Gasteiger partial charge in [0.25, 0.3) is 0 Å². The van der Waals surface area contributed by atoms with Gasteiger partial charge in [0.2, 0.25) is 5.91 Å². The molecule has 0 atom stereocenters. The number of thiophene rings is 1. The summed E-state index contributed by atoms with van der Waals surface area (Å²) in [6.45, 7) is 2.99. The lowest BCUT2D eigenvalue weighted by Gasteiger charge is -2.25. The Morgan fingerprint density at radius 2 is 2.14 bits per heavy atom. The Labute approximate surface area is 182 Å². The van der Waals surface area contributed by atoms with Gasteiger partial charge in [-0.25, -0.2) is 4.79 Å². The van der Waals surface area contributed by atoms with Crippen molar-refractivity contribution in [3.63, 3.8) is 0 Å². The standard InChI is InChI=1S/C20H20ClN3O3S2/c1-2-27-20(26)24-9-7-15-16(11-22)19(29-17(15)12-24)23-18(25)8-10-28-14-5-3-13(21)4-6-14/h3-6H,2,7-10,12H2,1H3,(H,23,25). The number of halogens is 1. The number of amides is 2.